The zero-order valence-corrected chi connectivity index (χ0v) is 12.6. The van der Waals surface area contributed by atoms with Crippen molar-refractivity contribution in [3.05, 3.63) is 71.5 Å². The van der Waals surface area contributed by atoms with Crippen LogP contribution in [0.1, 0.15) is 36.2 Å². The van der Waals surface area contributed by atoms with Crippen molar-refractivity contribution in [2.45, 2.75) is 26.7 Å². The van der Waals surface area contributed by atoms with Crippen molar-refractivity contribution in [2.24, 2.45) is 11.8 Å². The van der Waals surface area contributed by atoms with Gasteiger partial charge in [0.15, 0.2) is 5.78 Å². The molecule has 2 rings (SSSR count). The highest BCUT2D eigenvalue weighted by atomic mass is 19.1. The van der Waals surface area contributed by atoms with Crippen molar-refractivity contribution in [2.75, 3.05) is 0 Å². The molecule has 110 valence electrons. The molecule has 0 aromatic heterocycles. The minimum atomic E-state index is -0.222. The predicted molar refractivity (Wildman–Crippen MR) is 83.8 cm³/mol. The lowest BCUT2D eigenvalue weighted by molar-refractivity contribution is 0.0948. The Balaban J connectivity index is 2.06. The molecule has 0 amide bonds. The van der Waals surface area contributed by atoms with Crippen molar-refractivity contribution in [3.8, 4) is 0 Å². The zero-order chi connectivity index (χ0) is 15.2. The summed E-state index contributed by atoms with van der Waals surface area (Å²) in [4.78, 5) is 12.3. The number of halogens is 1. The second kappa shape index (κ2) is 7.16. The maximum absolute atomic E-state index is 13.0. The molecule has 2 aromatic carbocycles. The van der Waals surface area contributed by atoms with Gasteiger partial charge in [-0.3, -0.25) is 4.79 Å². The van der Waals surface area contributed by atoms with Crippen molar-refractivity contribution in [1.29, 1.82) is 0 Å². The van der Waals surface area contributed by atoms with Crippen molar-refractivity contribution < 1.29 is 9.18 Å². The van der Waals surface area contributed by atoms with Crippen LogP contribution in [0.3, 0.4) is 0 Å². The van der Waals surface area contributed by atoms with Crippen molar-refractivity contribution in [3.63, 3.8) is 0 Å². The van der Waals surface area contributed by atoms with Gasteiger partial charge in [-0.25, -0.2) is 4.39 Å². The molecule has 0 radical (unpaired) electrons. The first kappa shape index (κ1) is 15.4. The summed E-state index contributed by atoms with van der Waals surface area (Å²) in [5, 5.41) is 0. The van der Waals surface area contributed by atoms with E-state index in [1.807, 2.05) is 30.3 Å². The predicted octanol–water partition coefficient (Wildman–Crippen LogP) is 4.91. The first-order valence-electron chi connectivity index (χ1n) is 7.39. The fourth-order valence-electron chi connectivity index (χ4n) is 2.45. The highest BCUT2D eigenvalue weighted by Gasteiger charge is 2.19. The lowest BCUT2D eigenvalue weighted by Crippen LogP contribution is -2.17. The van der Waals surface area contributed by atoms with Crippen LogP contribution in [-0.4, -0.2) is 5.78 Å². The van der Waals surface area contributed by atoms with E-state index in [0.717, 1.165) is 17.5 Å². The lowest BCUT2D eigenvalue weighted by atomic mass is 9.84. The molecule has 2 aromatic rings. The molecule has 0 aliphatic rings. The molecular formula is C19H21FO. The summed E-state index contributed by atoms with van der Waals surface area (Å²) in [5.41, 5.74) is 1.85. The van der Waals surface area contributed by atoms with Crippen LogP contribution in [0.25, 0.3) is 0 Å². The standard InChI is InChI=1S/C19H21FO/c1-14(2)17(12-15-8-10-18(20)11-9-15)13-19(21)16-6-4-3-5-7-16/h3-11,14,17H,12-13H2,1-2H3. The van der Waals surface area contributed by atoms with E-state index in [4.69, 9.17) is 0 Å². The molecule has 0 N–H and O–H groups in total. The van der Waals surface area contributed by atoms with Crippen LogP contribution in [0.15, 0.2) is 54.6 Å². The van der Waals surface area contributed by atoms with Crippen LogP contribution < -0.4 is 0 Å². The Hall–Kier alpha value is -1.96. The molecule has 1 nitrogen and oxygen atoms in total. The van der Waals surface area contributed by atoms with Gasteiger partial charge in [0.2, 0.25) is 0 Å². The second-order valence-corrected chi connectivity index (χ2v) is 5.83. The summed E-state index contributed by atoms with van der Waals surface area (Å²) >= 11 is 0. The summed E-state index contributed by atoms with van der Waals surface area (Å²) in [6, 6.07) is 16.0. The van der Waals surface area contributed by atoms with E-state index in [0.29, 0.717) is 12.3 Å². The van der Waals surface area contributed by atoms with Gasteiger partial charge in [0.05, 0.1) is 0 Å². The minimum Gasteiger partial charge on any atom is -0.294 e. The van der Waals surface area contributed by atoms with Gasteiger partial charge in [0.1, 0.15) is 5.82 Å². The molecule has 0 aliphatic carbocycles. The van der Waals surface area contributed by atoms with E-state index in [1.165, 1.54) is 12.1 Å². The molecular weight excluding hydrogens is 263 g/mol. The Kier molecular flexibility index (Phi) is 5.26. The molecule has 0 heterocycles. The first-order valence-corrected chi connectivity index (χ1v) is 7.39. The van der Waals surface area contributed by atoms with Crippen molar-refractivity contribution in [1.82, 2.24) is 0 Å². The highest BCUT2D eigenvalue weighted by Crippen LogP contribution is 2.23. The average molecular weight is 284 g/mol. The van der Waals surface area contributed by atoms with Gasteiger partial charge < -0.3 is 0 Å². The lowest BCUT2D eigenvalue weighted by Gasteiger charge is -2.20. The molecule has 1 atom stereocenters. The van der Waals surface area contributed by atoms with Crippen LogP contribution in [0, 0.1) is 17.7 Å². The number of carbonyl (C=O) groups excluding carboxylic acids is 1. The van der Waals surface area contributed by atoms with E-state index in [1.54, 1.807) is 12.1 Å². The van der Waals surface area contributed by atoms with Gasteiger partial charge in [0.25, 0.3) is 0 Å². The van der Waals surface area contributed by atoms with Crippen LogP contribution in [0.4, 0.5) is 4.39 Å². The van der Waals surface area contributed by atoms with Gasteiger partial charge in [-0.15, -0.1) is 0 Å². The van der Waals surface area contributed by atoms with Gasteiger partial charge in [-0.1, -0.05) is 56.3 Å². The number of rotatable bonds is 6. The molecule has 0 fully saturated rings. The maximum Gasteiger partial charge on any atom is 0.163 e. The van der Waals surface area contributed by atoms with E-state index in [9.17, 15) is 9.18 Å². The Morgan fingerprint density at radius 1 is 1.00 bits per heavy atom. The van der Waals surface area contributed by atoms with E-state index in [2.05, 4.69) is 13.8 Å². The summed E-state index contributed by atoms with van der Waals surface area (Å²) in [5.74, 6) is 0.627. The van der Waals surface area contributed by atoms with Crippen LogP contribution >= 0.6 is 0 Å². The van der Waals surface area contributed by atoms with Gasteiger partial charge in [-0.05, 0) is 36.0 Å². The molecule has 0 spiro atoms. The van der Waals surface area contributed by atoms with Gasteiger partial charge >= 0.3 is 0 Å². The van der Waals surface area contributed by atoms with E-state index < -0.39 is 0 Å². The average Bonchev–Trinajstić information content (AvgIpc) is 2.49. The third kappa shape index (κ3) is 4.52. The molecule has 0 aliphatic heterocycles. The van der Waals surface area contributed by atoms with Crippen LogP contribution in [0.2, 0.25) is 0 Å². The largest absolute Gasteiger partial charge is 0.294 e. The Morgan fingerprint density at radius 2 is 1.62 bits per heavy atom. The molecule has 0 saturated carbocycles. The van der Waals surface area contributed by atoms with Crippen molar-refractivity contribution >= 4 is 5.78 Å². The van der Waals surface area contributed by atoms with Crippen LogP contribution in [0.5, 0.6) is 0 Å². The molecule has 2 heteroatoms. The Morgan fingerprint density at radius 3 is 2.19 bits per heavy atom. The summed E-state index contributed by atoms with van der Waals surface area (Å²) in [6.45, 7) is 4.26. The minimum absolute atomic E-state index is 0.177. The molecule has 21 heavy (non-hydrogen) atoms. The number of hydrogen-bond donors (Lipinski definition) is 0. The van der Waals surface area contributed by atoms with E-state index in [-0.39, 0.29) is 17.5 Å². The molecule has 1 unspecified atom stereocenters. The second-order valence-electron chi connectivity index (χ2n) is 5.83. The fraction of sp³-hybridized carbons (Fsp3) is 0.316. The Bertz CT molecular complexity index is 572. The molecule has 0 bridgehead atoms. The van der Waals surface area contributed by atoms with Gasteiger partial charge in [0, 0.05) is 12.0 Å². The topological polar surface area (TPSA) is 17.1 Å². The zero-order valence-electron chi connectivity index (χ0n) is 12.6. The quantitative estimate of drug-likeness (QED) is 0.689. The van der Waals surface area contributed by atoms with E-state index >= 15 is 0 Å². The SMILES string of the molecule is CC(C)C(CC(=O)c1ccccc1)Cc1ccc(F)cc1. The fourth-order valence-corrected chi connectivity index (χ4v) is 2.45. The molecule has 0 saturated heterocycles. The normalized spacial score (nSPS) is 12.4. The third-order valence-corrected chi connectivity index (χ3v) is 3.90. The maximum atomic E-state index is 13.0. The van der Waals surface area contributed by atoms with Crippen LogP contribution in [-0.2, 0) is 6.42 Å². The monoisotopic (exact) mass is 284 g/mol. The number of ketones is 1. The third-order valence-electron chi connectivity index (χ3n) is 3.90. The number of carbonyl (C=O) groups is 1. The Labute approximate surface area is 125 Å². The number of Topliss-reactive ketones (excluding diaryl/α,β-unsaturated/α-hetero) is 1. The smallest absolute Gasteiger partial charge is 0.163 e. The summed E-state index contributed by atoms with van der Waals surface area (Å²) in [7, 11) is 0. The summed E-state index contributed by atoms with van der Waals surface area (Å²) in [6.07, 6.45) is 1.33. The first-order chi connectivity index (χ1) is 10.1. The summed E-state index contributed by atoms with van der Waals surface area (Å²) < 4.78 is 13.0. The van der Waals surface area contributed by atoms with Gasteiger partial charge in [-0.2, -0.15) is 0 Å². The highest BCUT2D eigenvalue weighted by molar-refractivity contribution is 5.96. The number of benzene rings is 2. The number of hydrogen-bond acceptors (Lipinski definition) is 1.